The van der Waals surface area contributed by atoms with Gasteiger partial charge in [0, 0.05) is 13.1 Å². The predicted molar refractivity (Wildman–Crippen MR) is 187 cm³/mol. The molecule has 280 valence electrons. The third-order valence-corrected chi connectivity index (χ3v) is 13.5. The van der Waals surface area contributed by atoms with Crippen molar-refractivity contribution >= 4 is 39.4 Å². The molecule has 49 heavy (non-hydrogen) atoms. The number of carbonyl (C=O) groups excluding carboxylic acids is 5. The van der Waals surface area contributed by atoms with Crippen LogP contribution in [0.15, 0.2) is 0 Å². The van der Waals surface area contributed by atoms with Crippen LogP contribution < -0.4 is 21.3 Å². The summed E-state index contributed by atoms with van der Waals surface area (Å²) in [4.78, 5) is 69.3. The number of ketones is 1. The molecule has 5 N–H and O–H groups in total. The van der Waals surface area contributed by atoms with Crippen LogP contribution in [0.2, 0.25) is 0 Å². The molecule has 2 aliphatic carbocycles. The van der Waals surface area contributed by atoms with Crippen LogP contribution in [0.4, 0.5) is 4.79 Å². The van der Waals surface area contributed by atoms with Gasteiger partial charge in [-0.3, -0.25) is 19.2 Å². The molecular formula is C35H61N5O8S. The number of urea groups is 1. The number of likely N-dealkylation sites (N-methyl/N-ethyl adjacent to an activating group) is 1. The summed E-state index contributed by atoms with van der Waals surface area (Å²) in [7, 11) is -3.82. The van der Waals surface area contributed by atoms with Gasteiger partial charge in [0.05, 0.1) is 28.7 Å². The number of amides is 5. The van der Waals surface area contributed by atoms with Crippen molar-refractivity contribution in [3.05, 3.63) is 0 Å². The van der Waals surface area contributed by atoms with Gasteiger partial charge < -0.3 is 31.3 Å². The van der Waals surface area contributed by atoms with E-state index in [1.54, 1.807) is 6.92 Å². The third-order valence-electron chi connectivity index (χ3n) is 10.7. The number of aliphatic hydroxyl groups is 1. The normalized spacial score (nSPS) is 23.6. The predicted octanol–water partition coefficient (Wildman–Crippen LogP) is 2.60. The summed E-state index contributed by atoms with van der Waals surface area (Å²) >= 11 is 0. The molecule has 13 nitrogen and oxygen atoms in total. The van der Waals surface area contributed by atoms with Crippen LogP contribution in [0, 0.1) is 17.3 Å². The van der Waals surface area contributed by atoms with Crippen LogP contribution in [-0.2, 0) is 29.0 Å². The average molecular weight is 712 g/mol. The van der Waals surface area contributed by atoms with Gasteiger partial charge in [0.1, 0.15) is 12.1 Å². The lowest BCUT2D eigenvalue weighted by molar-refractivity contribution is -0.144. The highest BCUT2D eigenvalue weighted by Gasteiger charge is 2.52. The van der Waals surface area contributed by atoms with Crippen molar-refractivity contribution in [2.45, 2.75) is 148 Å². The maximum absolute atomic E-state index is 14.5. The van der Waals surface area contributed by atoms with E-state index in [9.17, 15) is 37.5 Å². The van der Waals surface area contributed by atoms with Crippen molar-refractivity contribution in [3.63, 3.8) is 0 Å². The first-order valence-corrected chi connectivity index (χ1v) is 19.8. The van der Waals surface area contributed by atoms with Crippen molar-refractivity contribution in [1.82, 2.24) is 26.2 Å². The first-order chi connectivity index (χ1) is 22.8. The molecule has 1 heterocycles. The van der Waals surface area contributed by atoms with E-state index in [-0.39, 0.29) is 24.1 Å². The highest BCUT2D eigenvalue weighted by molar-refractivity contribution is 7.92. The number of likely N-dealkylation sites (tertiary alicyclic amines) is 1. The van der Waals surface area contributed by atoms with Gasteiger partial charge in [-0.25, -0.2) is 13.2 Å². The van der Waals surface area contributed by atoms with E-state index in [4.69, 9.17) is 0 Å². The standard InChI is InChI=1S/C35H61N5O8S/c1-8-10-17-25(27(42)30(44)36-9-2)37-29(43)26-24-16-14-15-23(24)20-40(26)31(45)28(33(3,4)5)38-32(46)39-35(18-12-11-13-19-35)22-49(47,48)34(6,7)21-41/h23-26,28,41H,8-22H2,1-7H3,(H,36,44)(H,37,43)(H2,38,39,46)/t23-,24-,25-,26-,28+/m0/s1. The van der Waals surface area contributed by atoms with Crippen molar-refractivity contribution < 1.29 is 37.5 Å². The Hall–Kier alpha value is -2.74. The van der Waals surface area contributed by atoms with Crippen LogP contribution in [0.5, 0.6) is 0 Å². The number of Topliss-reactive ketones (excluding diaryl/α,β-unsaturated/α-hetero) is 1. The van der Waals surface area contributed by atoms with E-state index >= 15 is 0 Å². The maximum atomic E-state index is 14.5. The Bertz CT molecular complexity index is 1320. The molecule has 3 fully saturated rings. The Morgan fingerprint density at radius 2 is 1.59 bits per heavy atom. The van der Waals surface area contributed by atoms with Gasteiger partial charge >= 0.3 is 6.03 Å². The van der Waals surface area contributed by atoms with E-state index in [0.29, 0.717) is 32.2 Å². The molecule has 5 amide bonds. The second-order valence-electron chi connectivity index (χ2n) is 16.1. The van der Waals surface area contributed by atoms with E-state index in [2.05, 4.69) is 21.3 Å². The van der Waals surface area contributed by atoms with Gasteiger partial charge in [0.15, 0.2) is 9.84 Å². The summed E-state index contributed by atoms with van der Waals surface area (Å²) in [6.45, 7) is 12.1. The van der Waals surface area contributed by atoms with E-state index in [0.717, 1.165) is 44.9 Å². The lowest BCUT2D eigenvalue weighted by Crippen LogP contribution is -2.64. The summed E-state index contributed by atoms with van der Waals surface area (Å²) in [6.07, 6.45) is 7.46. The van der Waals surface area contributed by atoms with Crippen molar-refractivity contribution in [2.75, 3.05) is 25.4 Å². The Morgan fingerprint density at radius 3 is 2.16 bits per heavy atom. The Labute approximate surface area is 292 Å². The van der Waals surface area contributed by atoms with Gasteiger partial charge in [0.25, 0.3) is 5.91 Å². The van der Waals surface area contributed by atoms with E-state index in [1.807, 2.05) is 27.7 Å². The molecule has 1 saturated heterocycles. The first kappa shape index (κ1) is 40.7. The molecule has 0 aromatic rings. The number of fused-ring (bicyclic) bond motifs is 1. The maximum Gasteiger partial charge on any atom is 0.315 e. The lowest BCUT2D eigenvalue weighted by atomic mass is 9.83. The molecule has 0 unspecified atom stereocenters. The third kappa shape index (κ3) is 9.74. The zero-order valence-corrected chi connectivity index (χ0v) is 31.5. The van der Waals surface area contributed by atoms with Crippen molar-refractivity contribution in [3.8, 4) is 0 Å². The van der Waals surface area contributed by atoms with Crippen molar-refractivity contribution in [2.24, 2.45) is 17.3 Å². The molecule has 0 spiro atoms. The van der Waals surface area contributed by atoms with Gasteiger partial charge in [-0.05, 0) is 70.1 Å². The number of aliphatic hydroxyl groups excluding tert-OH is 1. The minimum Gasteiger partial charge on any atom is -0.395 e. The first-order valence-electron chi connectivity index (χ1n) is 18.2. The SMILES string of the molecule is CCCC[C@H](NC(=O)[C@@H]1[C@H]2CCC[C@H]2CN1C(=O)[C@@H](NC(=O)NC1(CS(=O)(=O)C(C)(C)CO)CCCCC1)C(C)(C)C)C(=O)C(=O)NCC. The van der Waals surface area contributed by atoms with Gasteiger partial charge in [-0.15, -0.1) is 0 Å². The number of nitrogens with one attached hydrogen (secondary N) is 4. The topological polar surface area (TPSA) is 191 Å². The fourth-order valence-electron chi connectivity index (χ4n) is 7.62. The highest BCUT2D eigenvalue weighted by Crippen LogP contribution is 2.43. The highest BCUT2D eigenvalue weighted by atomic mass is 32.2. The molecule has 0 aromatic heterocycles. The van der Waals surface area contributed by atoms with Gasteiger partial charge in [0.2, 0.25) is 17.6 Å². The number of rotatable bonds is 15. The van der Waals surface area contributed by atoms with E-state index in [1.165, 1.54) is 18.7 Å². The number of nitrogens with zero attached hydrogens (tertiary/aromatic N) is 1. The Kier molecular flexibility index (Phi) is 13.7. The lowest BCUT2D eigenvalue weighted by Gasteiger charge is -2.41. The number of hydrogen-bond acceptors (Lipinski definition) is 8. The Morgan fingerprint density at radius 1 is 0.939 bits per heavy atom. The molecule has 3 aliphatic rings. The number of sulfone groups is 1. The molecule has 0 aromatic carbocycles. The van der Waals surface area contributed by atoms with Crippen LogP contribution in [0.3, 0.4) is 0 Å². The molecule has 0 radical (unpaired) electrons. The second-order valence-corrected chi connectivity index (χ2v) is 18.8. The summed E-state index contributed by atoms with van der Waals surface area (Å²) < 4.78 is 25.4. The summed E-state index contributed by atoms with van der Waals surface area (Å²) in [6, 6.07) is -3.60. The fraction of sp³-hybridized carbons (Fsp3) is 0.857. The fourth-order valence-corrected chi connectivity index (χ4v) is 9.30. The molecule has 1 aliphatic heterocycles. The van der Waals surface area contributed by atoms with Gasteiger partial charge in [-0.2, -0.15) is 0 Å². The van der Waals surface area contributed by atoms with Crippen LogP contribution in [0.1, 0.15) is 119 Å². The van der Waals surface area contributed by atoms with E-state index < -0.39 is 79.8 Å². The summed E-state index contributed by atoms with van der Waals surface area (Å²) in [5.41, 5.74) is -1.84. The summed E-state index contributed by atoms with van der Waals surface area (Å²) in [5, 5.41) is 21.0. The Balaban J connectivity index is 1.87. The largest absolute Gasteiger partial charge is 0.395 e. The molecule has 2 saturated carbocycles. The number of unbranched alkanes of at least 4 members (excludes halogenated alkanes) is 1. The van der Waals surface area contributed by atoms with Crippen molar-refractivity contribution in [1.29, 1.82) is 0 Å². The zero-order valence-electron chi connectivity index (χ0n) is 30.7. The number of hydrogen-bond donors (Lipinski definition) is 5. The molecule has 0 bridgehead atoms. The smallest absolute Gasteiger partial charge is 0.315 e. The minimum atomic E-state index is -3.82. The van der Waals surface area contributed by atoms with Crippen LogP contribution in [0.25, 0.3) is 0 Å². The monoisotopic (exact) mass is 711 g/mol. The molecule has 5 atom stereocenters. The molecule has 14 heteroatoms. The molecular weight excluding hydrogens is 650 g/mol. The van der Waals surface area contributed by atoms with Crippen LogP contribution >= 0.6 is 0 Å². The summed E-state index contributed by atoms with van der Waals surface area (Å²) in [5.74, 6) is -2.73. The average Bonchev–Trinajstić information content (AvgIpc) is 3.62. The van der Waals surface area contributed by atoms with Crippen LogP contribution in [-0.4, -0.2) is 102 Å². The minimum absolute atomic E-state index is 0.0907. The molecule has 3 rings (SSSR count). The van der Waals surface area contributed by atoms with Gasteiger partial charge in [-0.1, -0.05) is 66.2 Å². The second kappa shape index (κ2) is 16.5. The number of carbonyl (C=O) groups is 5. The quantitative estimate of drug-likeness (QED) is 0.160. The zero-order chi connectivity index (χ0) is 36.8.